The molecule has 1 aliphatic rings. The number of nitrogens with zero attached hydrogens (tertiary/aromatic N) is 1. The molecule has 0 radical (unpaired) electrons. The monoisotopic (exact) mass is 429 g/mol. The Morgan fingerprint density at radius 3 is 2.17 bits per heavy atom. The predicted molar refractivity (Wildman–Crippen MR) is 112 cm³/mol. The summed E-state index contributed by atoms with van der Waals surface area (Å²) >= 11 is 1.63. The van der Waals surface area contributed by atoms with E-state index in [1.165, 1.54) is 12.1 Å². The molecule has 0 spiro atoms. The van der Waals surface area contributed by atoms with Crippen molar-refractivity contribution in [3.63, 3.8) is 0 Å². The number of hydrogen-bond donors (Lipinski definition) is 0. The van der Waals surface area contributed by atoms with E-state index >= 15 is 0 Å². The van der Waals surface area contributed by atoms with Crippen LogP contribution in [0.15, 0.2) is 70.3 Å². The van der Waals surface area contributed by atoms with Crippen LogP contribution in [0.25, 0.3) is 11.1 Å². The topological polar surface area (TPSA) is 54.5 Å². The van der Waals surface area contributed by atoms with Crippen LogP contribution in [0.3, 0.4) is 0 Å². The molecule has 29 heavy (non-hydrogen) atoms. The van der Waals surface area contributed by atoms with Gasteiger partial charge in [-0.1, -0.05) is 12.1 Å². The van der Waals surface area contributed by atoms with Crippen molar-refractivity contribution in [3.8, 4) is 11.1 Å². The first-order valence-corrected chi connectivity index (χ1v) is 11.9. The van der Waals surface area contributed by atoms with Crippen LogP contribution in [-0.4, -0.2) is 37.6 Å². The number of carbonyl (C=O) groups excluding carboxylic acids is 1. The third-order valence-corrected chi connectivity index (χ3v) is 8.26. The zero-order chi connectivity index (χ0) is 20.4. The number of carbonyl (C=O) groups is 1. The van der Waals surface area contributed by atoms with Gasteiger partial charge in [-0.2, -0.15) is 11.3 Å². The van der Waals surface area contributed by atoms with Gasteiger partial charge in [0.1, 0.15) is 5.82 Å². The summed E-state index contributed by atoms with van der Waals surface area (Å²) in [7, 11) is -3.53. The van der Waals surface area contributed by atoms with E-state index < -0.39 is 20.9 Å². The fourth-order valence-electron chi connectivity index (χ4n) is 3.60. The van der Waals surface area contributed by atoms with Gasteiger partial charge in [0.25, 0.3) is 5.91 Å². The van der Waals surface area contributed by atoms with E-state index in [-0.39, 0.29) is 10.8 Å². The van der Waals surface area contributed by atoms with Crippen molar-refractivity contribution in [2.24, 2.45) is 0 Å². The van der Waals surface area contributed by atoms with E-state index in [4.69, 9.17) is 0 Å². The number of rotatable bonds is 4. The summed E-state index contributed by atoms with van der Waals surface area (Å²) in [6.45, 7) is 0.770. The van der Waals surface area contributed by atoms with Crippen molar-refractivity contribution >= 4 is 27.1 Å². The first-order chi connectivity index (χ1) is 13.9. The second-order valence-electron chi connectivity index (χ2n) is 7.08. The van der Waals surface area contributed by atoms with Crippen LogP contribution < -0.4 is 0 Å². The molecule has 1 fully saturated rings. The molecule has 0 unspecified atom stereocenters. The van der Waals surface area contributed by atoms with Crippen molar-refractivity contribution in [1.82, 2.24) is 4.90 Å². The largest absolute Gasteiger partial charge is 0.339 e. The molecule has 4 nitrogen and oxygen atoms in total. The molecule has 3 aromatic rings. The van der Waals surface area contributed by atoms with Gasteiger partial charge in [-0.25, -0.2) is 12.8 Å². The average molecular weight is 430 g/mol. The summed E-state index contributed by atoms with van der Waals surface area (Å²) in [6, 6.07) is 14.5. The Labute approximate surface area is 173 Å². The van der Waals surface area contributed by atoms with E-state index in [0.717, 1.165) is 23.3 Å². The van der Waals surface area contributed by atoms with Gasteiger partial charge in [0, 0.05) is 18.7 Å². The van der Waals surface area contributed by atoms with Gasteiger partial charge < -0.3 is 4.90 Å². The quantitative estimate of drug-likeness (QED) is 0.568. The zero-order valence-corrected chi connectivity index (χ0v) is 17.3. The Hall–Kier alpha value is -2.51. The van der Waals surface area contributed by atoms with Gasteiger partial charge in [-0.15, -0.1) is 0 Å². The molecule has 2 aromatic carbocycles. The zero-order valence-electron chi connectivity index (χ0n) is 15.6. The molecule has 0 N–H and O–H groups in total. The third-order valence-electron chi connectivity index (χ3n) is 5.30. The van der Waals surface area contributed by atoms with Gasteiger partial charge in [0.15, 0.2) is 9.84 Å². The molecule has 4 rings (SSSR count). The van der Waals surface area contributed by atoms with Crippen LogP contribution in [0.1, 0.15) is 23.2 Å². The highest BCUT2D eigenvalue weighted by atomic mass is 32.2. The van der Waals surface area contributed by atoms with Crippen LogP contribution in [-0.2, 0) is 9.84 Å². The van der Waals surface area contributed by atoms with E-state index in [0.29, 0.717) is 31.5 Å². The van der Waals surface area contributed by atoms with Crippen molar-refractivity contribution in [3.05, 3.63) is 76.7 Å². The fourth-order valence-corrected chi connectivity index (χ4v) is 6.00. The minimum Gasteiger partial charge on any atom is -0.339 e. The lowest BCUT2D eigenvalue weighted by atomic mass is 10.0. The summed E-state index contributed by atoms with van der Waals surface area (Å²) in [6.07, 6.45) is 0.747. The first kappa shape index (κ1) is 19.8. The highest BCUT2D eigenvalue weighted by Crippen LogP contribution is 2.26. The number of thiophene rings is 1. The maximum absolute atomic E-state index is 13.1. The van der Waals surface area contributed by atoms with E-state index in [2.05, 4.69) is 5.38 Å². The van der Waals surface area contributed by atoms with Crippen LogP contribution in [0.5, 0.6) is 0 Å². The predicted octanol–water partition coefficient (Wildman–Crippen LogP) is 4.63. The second kappa shape index (κ2) is 8.08. The minimum absolute atomic E-state index is 0.0838. The van der Waals surface area contributed by atoms with E-state index in [9.17, 15) is 17.6 Å². The lowest BCUT2D eigenvalue weighted by molar-refractivity contribution is 0.0725. The number of piperidine rings is 1. The molecule has 0 saturated carbocycles. The summed E-state index contributed by atoms with van der Waals surface area (Å²) in [4.78, 5) is 14.6. The summed E-state index contributed by atoms with van der Waals surface area (Å²) in [5.74, 6) is -0.547. The standard InChI is InChI=1S/C22H20FNO3S2/c23-19-5-7-20(8-6-19)29(26,27)21-9-12-24(13-10-21)22(25)17-3-1-16(2-4-17)18-11-14-28-15-18/h1-8,11,14-15,21H,9-10,12-13H2. The Morgan fingerprint density at radius 1 is 0.931 bits per heavy atom. The minimum atomic E-state index is -3.53. The highest BCUT2D eigenvalue weighted by Gasteiger charge is 2.33. The average Bonchev–Trinajstić information content (AvgIpc) is 3.29. The highest BCUT2D eigenvalue weighted by molar-refractivity contribution is 7.92. The Morgan fingerprint density at radius 2 is 1.59 bits per heavy atom. The lowest BCUT2D eigenvalue weighted by Crippen LogP contribution is -2.42. The van der Waals surface area contributed by atoms with Gasteiger partial charge in [-0.05, 0) is 77.2 Å². The smallest absolute Gasteiger partial charge is 0.253 e. The summed E-state index contributed by atoms with van der Waals surface area (Å²) in [5.41, 5.74) is 2.79. The van der Waals surface area contributed by atoms with Crippen molar-refractivity contribution in [2.45, 2.75) is 23.0 Å². The Bertz CT molecular complexity index is 1080. The number of amides is 1. The molecule has 150 valence electrons. The van der Waals surface area contributed by atoms with Crippen molar-refractivity contribution in [1.29, 1.82) is 0 Å². The third kappa shape index (κ3) is 4.11. The fraction of sp³-hybridized carbons (Fsp3) is 0.227. The SMILES string of the molecule is O=C(c1ccc(-c2ccsc2)cc1)N1CCC(S(=O)(=O)c2ccc(F)cc2)CC1. The van der Waals surface area contributed by atoms with Crippen LogP contribution in [0.4, 0.5) is 4.39 Å². The molecule has 1 amide bonds. The van der Waals surface area contributed by atoms with Crippen LogP contribution in [0.2, 0.25) is 0 Å². The number of hydrogen-bond acceptors (Lipinski definition) is 4. The molecular formula is C22H20FNO3S2. The lowest BCUT2D eigenvalue weighted by Gasteiger charge is -2.31. The number of halogens is 1. The molecule has 0 atom stereocenters. The molecule has 7 heteroatoms. The van der Waals surface area contributed by atoms with Gasteiger partial charge >= 0.3 is 0 Å². The number of likely N-dealkylation sites (tertiary alicyclic amines) is 1. The van der Waals surface area contributed by atoms with Gasteiger partial charge in [-0.3, -0.25) is 4.79 Å². The van der Waals surface area contributed by atoms with Crippen LogP contribution >= 0.6 is 11.3 Å². The molecule has 1 aliphatic heterocycles. The number of sulfone groups is 1. The normalized spacial score (nSPS) is 15.4. The summed E-state index contributed by atoms with van der Waals surface area (Å²) < 4.78 is 38.6. The van der Waals surface area contributed by atoms with Gasteiger partial charge in [0.05, 0.1) is 10.1 Å². The maximum Gasteiger partial charge on any atom is 0.253 e. The molecule has 2 heterocycles. The molecule has 0 aliphatic carbocycles. The summed E-state index contributed by atoms with van der Waals surface area (Å²) in [5, 5.41) is 3.51. The molecule has 1 aromatic heterocycles. The Balaban J connectivity index is 1.41. The van der Waals surface area contributed by atoms with E-state index in [1.54, 1.807) is 16.2 Å². The van der Waals surface area contributed by atoms with Gasteiger partial charge in [0.2, 0.25) is 0 Å². The first-order valence-electron chi connectivity index (χ1n) is 9.36. The molecular weight excluding hydrogens is 409 g/mol. The molecule has 1 saturated heterocycles. The number of benzene rings is 2. The van der Waals surface area contributed by atoms with E-state index in [1.807, 2.05) is 35.7 Å². The Kier molecular flexibility index (Phi) is 5.52. The second-order valence-corrected chi connectivity index (χ2v) is 10.1. The van der Waals surface area contributed by atoms with Crippen LogP contribution in [0, 0.1) is 5.82 Å². The van der Waals surface area contributed by atoms with Crippen molar-refractivity contribution < 1.29 is 17.6 Å². The van der Waals surface area contributed by atoms with Crippen molar-refractivity contribution in [2.75, 3.05) is 13.1 Å². The molecule has 0 bridgehead atoms. The maximum atomic E-state index is 13.1.